The summed E-state index contributed by atoms with van der Waals surface area (Å²) in [7, 11) is 1.58. The SMILES string of the molecule is Cn1c(N)nc(-c2ccncc2)cc1=O. The maximum absolute atomic E-state index is 11.5. The second-order valence-electron chi connectivity index (χ2n) is 3.13. The van der Waals surface area contributed by atoms with Crippen LogP contribution in [0.2, 0.25) is 0 Å². The minimum atomic E-state index is -0.172. The van der Waals surface area contributed by atoms with Gasteiger partial charge < -0.3 is 5.73 Å². The summed E-state index contributed by atoms with van der Waals surface area (Å²) in [5, 5.41) is 0. The fourth-order valence-corrected chi connectivity index (χ4v) is 1.23. The van der Waals surface area contributed by atoms with E-state index < -0.39 is 0 Å². The molecule has 0 amide bonds. The number of nitrogens with zero attached hydrogens (tertiary/aromatic N) is 3. The van der Waals surface area contributed by atoms with Crippen molar-refractivity contribution in [2.75, 3.05) is 5.73 Å². The summed E-state index contributed by atoms with van der Waals surface area (Å²) >= 11 is 0. The van der Waals surface area contributed by atoms with Crippen LogP contribution in [0.15, 0.2) is 35.4 Å². The highest BCUT2D eigenvalue weighted by Crippen LogP contribution is 2.13. The molecule has 2 aromatic rings. The second-order valence-corrected chi connectivity index (χ2v) is 3.13. The van der Waals surface area contributed by atoms with Crippen molar-refractivity contribution in [2.45, 2.75) is 0 Å². The smallest absolute Gasteiger partial charge is 0.255 e. The predicted octanol–water partition coefficient (Wildman–Crippen LogP) is 0.425. The van der Waals surface area contributed by atoms with Crippen molar-refractivity contribution in [3.63, 3.8) is 0 Å². The van der Waals surface area contributed by atoms with Crippen LogP contribution in [0.1, 0.15) is 0 Å². The van der Waals surface area contributed by atoms with E-state index in [9.17, 15) is 4.79 Å². The Kier molecular flexibility index (Phi) is 2.21. The molecular formula is C10H10N4O. The number of pyridine rings is 1. The summed E-state index contributed by atoms with van der Waals surface area (Å²) < 4.78 is 1.30. The van der Waals surface area contributed by atoms with E-state index in [4.69, 9.17) is 5.73 Å². The van der Waals surface area contributed by atoms with E-state index in [1.165, 1.54) is 10.6 Å². The van der Waals surface area contributed by atoms with Gasteiger partial charge in [0.05, 0.1) is 5.69 Å². The molecule has 5 heteroatoms. The number of nitrogens with two attached hydrogens (primary N) is 1. The zero-order valence-corrected chi connectivity index (χ0v) is 8.21. The lowest BCUT2D eigenvalue weighted by atomic mass is 10.2. The highest BCUT2D eigenvalue weighted by Gasteiger charge is 2.03. The first kappa shape index (κ1) is 9.39. The van der Waals surface area contributed by atoms with E-state index in [-0.39, 0.29) is 11.5 Å². The summed E-state index contributed by atoms with van der Waals surface area (Å²) in [5.74, 6) is 0.203. The molecule has 0 atom stereocenters. The van der Waals surface area contributed by atoms with Crippen molar-refractivity contribution in [2.24, 2.45) is 7.05 Å². The third-order valence-corrected chi connectivity index (χ3v) is 2.15. The molecule has 15 heavy (non-hydrogen) atoms. The molecule has 0 bridgehead atoms. The van der Waals surface area contributed by atoms with Gasteiger partial charge >= 0.3 is 0 Å². The maximum Gasteiger partial charge on any atom is 0.255 e. The van der Waals surface area contributed by atoms with Crippen LogP contribution in [0.4, 0.5) is 5.95 Å². The van der Waals surface area contributed by atoms with Crippen molar-refractivity contribution in [3.8, 4) is 11.3 Å². The number of hydrogen-bond acceptors (Lipinski definition) is 4. The van der Waals surface area contributed by atoms with Gasteiger partial charge in [-0.1, -0.05) is 0 Å². The number of aromatic nitrogens is 3. The van der Waals surface area contributed by atoms with E-state index in [1.54, 1.807) is 31.6 Å². The lowest BCUT2D eigenvalue weighted by Gasteiger charge is -2.04. The standard InChI is InChI=1S/C10H10N4O/c1-14-9(15)6-8(13-10(14)11)7-2-4-12-5-3-7/h2-6H,1H3,(H2,11,13). The van der Waals surface area contributed by atoms with Crippen LogP contribution in [0.3, 0.4) is 0 Å². The van der Waals surface area contributed by atoms with Gasteiger partial charge in [0.15, 0.2) is 0 Å². The molecule has 2 N–H and O–H groups in total. The van der Waals surface area contributed by atoms with Crippen LogP contribution in [-0.4, -0.2) is 14.5 Å². The molecule has 0 saturated carbocycles. The Morgan fingerprint density at radius 1 is 1.33 bits per heavy atom. The summed E-state index contributed by atoms with van der Waals surface area (Å²) in [5.41, 5.74) is 6.82. The van der Waals surface area contributed by atoms with Crippen LogP contribution >= 0.6 is 0 Å². The average Bonchev–Trinajstić information content (AvgIpc) is 2.26. The normalized spacial score (nSPS) is 10.2. The van der Waals surface area contributed by atoms with E-state index in [2.05, 4.69) is 9.97 Å². The highest BCUT2D eigenvalue weighted by atomic mass is 16.1. The average molecular weight is 202 g/mol. The molecule has 0 aromatic carbocycles. The van der Waals surface area contributed by atoms with Gasteiger partial charge in [-0.25, -0.2) is 4.98 Å². The summed E-state index contributed by atoms with van der Waals surface area (Å²) in [6.07, 6.45) is 3.29. The predicted molar refractivity (Wildman–Crippen MR) is 57.1 cm³/mol. The van der Waals surface area contributed by atoms with Crippen molar-refractivity contribution < 1.29 is 0 Å². The molecule has 0 aliphatic carbocycles. The van der Waals surface area contributed by atoms with Gasteiger partial charge in [0.2, 0.25) is 5.95 Å². The van der Waals surface area contributed by atoms with Crippen LogP contribution in [-0.2, 0) is 7.05 Å². The third-order valence-electron chi connectivity index (χ3n) is 2.15. The molecular weight excluding hydrogens is 192 g/mol. The summed E-state index contributed by atoms with van der Waals surface area (Å²) in [6.45, 7) is 0. The fourth-order valence-electron chi connectivity index (χ4n) is 1.23. The molecule has 0 aliphatic heterocycles. The van der Waals surface area contributed by atoms with Gasteiger partial charge in [0.25, 0.3) is 5.56 Å². The zero-order valence-electron chi connectivity index (χ0n) is 8.21. The highest BCUT2D eigenvalue weighted by molar-refractivity contribution is 5.58. The Labute approximate surface area is 86.2 Å². The molecule has 5 nitrogen and oxygen atoms in total. The number of hydrogen-bond donors (Lipinski definition) is 1. The first-order valence-corrected chi connectivity index (χ1v) is 4.42. The van der Waals surface area contributed by atoms with E-state index >= 15 is 0 Å². The van der Waals surface area contributed by atoms with Gasteiger partial charge in [-0.3, -0.25) is 14.3 Å². The maximum atomic E-state index is 11.5. The molecule has 76 valence electrons. The third kappa shape index (κ3) is 1.71. The Balaban J connectivity index is 2.61. The lowest BCUT2D eigenvalue weighted by molar-refractivity contribution is 0.845. The van der Waals surface area contributed by atoms with Crippen LogP contribution in [0.5, 0.6) is 0 Å². The van der Waals surface area contributed by atoms with E-state index in [0.29, 0.717) is 5.69 Å². The summed E-state index contributed by atoms with van der Waals surface area (Å²) in [6, 6.07) is 5.01. The van der Waals surface area contributed by atoms with Gasteiger partial charge in [-0.2, -0.15) is 0 Å². The van der Waals surface area contributed by atoms with Crippen LogP contribution in [0.25, 0.3) is 11.3 Å². The van der Waals surface area contributed by atoms with Crippen molar-refractivity contribution in [1.29, 1.82) is 0 Å². The van der Waals surface area contributed by atoms with Crippen molar-refractivity contribution >= 4 is 5.95 Å². The monoisotopic (exact) mass is 202 g/mol. The molecule has 0 unspecified atom stereocenters. The molecule has 0 aliphatic rings. The Bertz CT molecular complexity index is 533. The van der Waals surface area contributed by atoms with Gasteiger partial charge in [0, 0.05) is 31.1 Å². The molecule has 0 radical (unpaired) electrons. The van der Waals surface area contributed by atoms with Crippen LogP contribution in [0, 0.1) is 0 Å². The number of rotatable bonds is 1. The quantitative estimate of drug-likeness (QED) is 0.727. The summed E-state index contributed by atoms with van der Waals surface area (Å²) in [4.78, 5) is 19.5. The van der Waals surface area contributed by atoms with Crippen molar-refractivity contribution in [3.05, 3.63) is 40.9 Å². The fraction of sp³-hybridized carbons (Fsp3) is 0.100. The minimum absolute atomic E-state index is 0.172. The molecule has 0 fully saturated rings. The van der Waals surface area contributed by atoms with E-state index in [1.807, 2.05) is 0 Å². The van der Waals surface area contributed by atoms with Crippen molar-refractivity contribution in [1.82, 2.24) is 14.5 Å². The Morgan fingerprint density at radius 2 is 2.00 bits per heavy atom. The Morgan fingerprint density at radius 3 is 2.60 bits per heavy atom. The second kappa shape index (κ2) is 3.53. The van der Waals surface area contributed by atoms with Gasteiger partial charge in [-0.05, 0) is 12.1 Å². The minimum Gasteiger partial charge on any atom is -0.369 e. The largest absolute Gasteiger partial charge is 0.369 e. The van der Waals surface area contributed by atoms with Gasteiger partial charge in [-0.15, -0.1) is 0 Å². The molecule has 0 spiro atoms. The first-order chi connectivity index (χ1) is 7.18. The topological polar surface area (TPSA) is 73.8 Å². The molecule has 2 heterocycles. The molecule has 2 rings (SSSR count). The molecule has 2 aromatic heterocycles. The number of anilines is 1. The first-order valence-electron chi connectivity index (χ1n) is 4.42. The molecule has 0 saturated heterocycles. The Hall–Kier alpha value is -2.17. The van der Waals surface area contributed by atoms with Crippen LogP contribution < -0.4 is 11.3 Å². The van der Waals surface area contributed by atoms with E-state index in [0.717, 1.165) is 5.56 Å². The number of nitrogen functional groups attached to an aromatic ring is 1. The zero-order chi connectivity index (χ0) is 10.8. The van der Waals surface area contributed by atoms with Gasteiger partial charge in [0.1, 0.15) is 0 Å². The lowest BCUT2D eigenvalue weighted by Crippen LogP contribution is -2.20.